The van der Waals surface area contributed by atoms with Crippen molar-refractivity contribution in [1.82, 2.24) is 0 Å². The van der Waals surface area contributed by atoms with Gasteiger partial charge >= 0.3 is 0 Å². The number of hydrogen-bond donors (Lipinski definition) is 0. The van der Waals surface area contributed by atoms with Crippen LogP contribution in [0.25, 0.3) is 0 Å². The van der Waals surface area contributed by atoms with Gasteiger partial charge in [0.15, 0.2) is 15.6 Å². The Morgan fingerprint density at radius 2 is 1.86 bits per heavy atom. The number of sulfone groups is 1. The molecule has 0 N–H and O–H groups in total. The molecule has 1 saturated heterocycles. The third-order valence-electron chi connectivity index (χ3n) is 3.67. The average Bonchev–Trinajstić information content (AvgIpc) is 2.78. The van der Waals surface area contributed by atoms with Gasteiger partial charge in [-0.2, -0.15) is 0 Å². The third-order valence-corrected chi connectivity index (χ3v) is 5.48. The van der Waals surface area contributed by atoms with E-state index in [9.17, 15) is 8.42 Å². The van der Waals surface area contributed by atoms with Crippen molar-refractivity contribution in [2.45, 2.75) is 44.5 Å². The van der Waals surface area contributed by atoms with Crippen molar-refractivity contribution in [1.29, 1.82) is 0 Å². The summed E-state index contributed by atoms with van der Waals surface area (Å²) in [4.78, 5) is 0.348. The zero-order chi connectivity index (χ0) is 15.7. The van der Waals surface area contributed by atoms with Gasteiger partial charge in [0.05, 0.1) is 17.3 Å². The van der Waals surface area contributed by atoms with E-state index < -0.39 is 15.6 Å². The van der Waals surface area contributed by atoms with E-state index in [0.717, 1.165) is 11.1 Å². The first kappa shape index (κ1) is 16.2. The van der Waals surface area contributed by atoms with Crippen LogP contribution in [0.3, 0.4) is 0 Å². The molecule has 4 nitrogen and oxygen atoms in total. The van der Waals surface area contributed by atoms with Crippen LogP contribution in [0.1, 0.15) is 27.7 Å². The molecule has 1 aromatic carbocycles. The first-order chi connectivity index (χ1) is 9.71. The van der Waals surface area contributed by atoms with E-state index in [4.69, 9.17) is 9.47 Å². The molecule has 5 heteroatoms. The highest BCUT2D eigenvalue weighted by Gasteiger charge is 2.34. The summed E-state index contributed by atoms with van der Waals surface area (Å²) < 4.78 is 36.1. The molecular weight excluding hydrogens is 288 g/mol. The van der Waals surface area contributed by atoms with Crippen molar-refractivity contribution < 1.29 is 17.9 Å². The van der Waals surface area contributed by atoms with Crippen LogP contribution in [0.5, 0.6) is 0 Å². The average molecular weight is 310 g/mol. The zero-order valence-electron chi connectivity index (χ0n) is 12.9. The monoisotopic (exact) mass is 310 g/mol. The molecule has 0 aliphatic carbocycles. The maximum atomic E-state index is 12.4. The number of hydrogen-bond acceptors (Lipinski definition) is 4. The molecule has 1 unspecified atom stereocenters. The van der Waals surface area contributed by atoms with E-state index in [1.165, 1.54) is 0 Å². The Balaban J connectivity index is 2.17. The summed E-state index contributed by atoms with van der Waals surface area (Å²) in [5, 5.41) is 0. The highest BCUT2D eigenvalue weighted by Crippen LogP contribution is 2.28. The summed E-state index contributed by atoms with van der Waals surface area (Å²) in [6.45, 7) is 7.92. The Kier molecular flexibility index (Phi) is 4.56. The molecule has 0 radical (unpaired) electrons. The van der Waals surface area contributed by atoms with Gasteiger partial charge in [-0.25, -0.2) is 8.42 Å². The predicted octanol–water partition coefficient (Wildman–Crippen LogP) is 2.95. The fraction of sp³-hybridized carbons (Fsp3) is 0.500. The van der Waals surface area contributed by atoms with Crippen molar-refractivity contribution >= 4 is 9.84 Å². The van der Waals surface area contributed by atoms with E-state index in [1.54, 1.807) is 30.3 Å². The van der Waals surface area contributed by atoms with E-state index in [2.05, 4.69) is 0 Å². The fourth-order valence-electron chi connectivity index (χ4n) is 2.29. The van der Waals surface area contributed by atoms with E-state index in [1.807, 2.05) is 27.7 Å². The summed E-state index contributed by atoms with van der Waals surface area (Å²) in [7, 11) is -3.32. The van der Waals surface area contributed by atoms with Gasteiger partial charge in [0.1, 0.15) is 6.10 Å². The number of rotatable bonds is 4. The van der Waals surface area contributed by atoms with Crippen LogP contribution in [0.15, 0.2) is 46.4 Å². The largest absolute Gasteiger partial charge is 0.347 e. The SMILES string of the molecule is C/C(CS(=O)(=O)c1ccccc1)=C(\C)C1COC(C)(C)O1. The molecule has 1 aliphatic rings. The molecule has 0 spiro atoms. The second kappa shape index (κ2) is 5.91. The molecule has 1 heterocycles. The number of benzene rings is 1. The van der Waals surface area contributed by atoms with Crippen molar-refractivity contribution in [3.63, 3.8) is 0 Å². The Morgan fingerprint density at radius 1 is 1.24 bits per heavy atom. The minimum Gasteiger partial charge on any atom is -0.347 e. The number of ether oxygens (including phenoxy) is 2. The minimum absolute atomic E-state index is 0.00311. The zero-order valence-corrected chi connectivity index (χ0v) is 13.7. The second-order valence-corrected chi connectivity index (χ2v) is 7.84. The van der Waals surface area contributed by atoms with Gasteiger partial charge in [-0.15, -0.1) is 0 Å². The lowest BCUT2D eigenvalue weighted by atomic mass is 10.1. The highest BCUT2D eigenvalue weighted by atomic mass is 32.2. The van der Waals surface area contributed by atoms with Crippen LogP contribution < -0.4 is 0 Å². The van der Waals surface area contributed by atoms with Crippen molar-refractivity contribution in [3.05, 3.63) is 41.5 Å². The van der Waals surface area contributed by atoms with Gasteiger partial charge in [-0.3, -0.25) is 0 Å². The van der Waals surface area contributed by atoms with Crippen molar-refractivity contribution in [2.24, 2.45) is 0 Å². The molecule has 1 atom stereocenters. The van der Waals surface area contributed by atoms with Crippen molar-refractivity contribution in [3.8, 4) is 0 Å². The van der Waals surface area contributed by atoms with Crippen LogP contribution in [-0.4, -0.2) is 32.7 Å². The predicted molar refractivity (Wildman–Crippen MR) is 81.8 cm³/mol. The Morgan fingerprint density at radius 3 is 2.38 bits per heavy atom. The first-order valence-electron chi connectivity index (χ1n) is 6.97. The lowest BCUT2D eigenvalue weighted by molar-refractivity contribution is -0.134. The van der Waals surface area contributed by atoms with Gasteiger partial charge < -0.3 is 9.47 Å². The Bertz CT molecular complexity index is 630. The van der Waals surface area contributed by atoms with Crippen LogP contribution in [-0.2, 0) is 19.3 Å². The molecule has 116 valence electrons. The maximum absolute atomic E-state index is 12.4. The van der Waals surface area contributed by atoms with Gasteiger partial charge in [0, 0.05) is 0 Å². The van der Waals surface area contributed by atoms with Gasteiger partial charge in [0.2, 0.25) is 0 Å². The smallest absolute Gasteiger partial charge is 0.182 e. The molecule has 1 fully saturated rings. The molecular formula is C16H22O4S. The molecule has 1 aromatic rings. The molecule has 1 aliphatic heterocycles. The van der Waals surface area contributed by atoms with Gasteiger partial charge in [0.25, 0.3) is 0 Å². The normalized spacial score (nSPS) is 23.0. The lowest BCUT2D eigenvalue weighted by Gasteiger charge is -2.18. The topological polar surface area (TPSA) is 52.6 Å². The molecule has 0 bridgehead atoms. The molecule has 2 rings (SSSR count). The second-order valence-electron chi connectivity index (χ2n) is 5.85. The molecule has 0 amide bonds. The summed E-state index contributed by atoms with van der Waals surface area (Å²) in [6.07, 6.45) is -0.175. The standard InChI is InChI=1S/C16H22O4S/c1-12(13(2)15-10-19-16(3,4)20-15)11-21(17,18)14-8-6-5-7-9-14/h5-9,15H,10-11H2,1-4H3/b13-12-. The highest BCUT2D eigenvalue weighted by molar-refractivity contribution is 7.91. The first-order valence-corrected chi connectivity index (χ1v) is 8.62. The van der Waals surface area contributed by atoms with Gasteiger partial charge in [-0.05, 0) is 45.4 Å². The third kappa shape index (κ3) is 3.93. The fourth-order valence-corrected chi connectivity index (χ4v) is 3.82. The van der Waals surface area contributed by atoms with E-state index in [0.29, 0.717) is 11.5 Å². The molecule has 0 saturated carbocycles. The Hall–Kier alpha value is -1.17. The quantitative estimate of drug-likeness (QED) is 0.802. The molecule has 21 heavy (non-hydrogen) atoms. The van der Waals surface area contributed by atoms with Crippen LogP contribution in [0, 0.1) is 0 Å². The summed E-state index contributed by atoms with van der Waals surface area (Å²) in [5.41, 5.74) is 1.74. The summed E-state index contributed by atoms with van der Waals surface area (Å²) in [6, 6.07) is 8.51. The van der Waals surface area contributed by atoms with Gasteiger partial charge in [-0.1, -0.05) is 23.8 Å². The van der Waals surface area contributed by atoms with Crippen molar-refractivity contribution in [2.75, 3.05) is 12.4 Å². The Labute approximate surface area is 126 Å². The maximum Gasteiger partial charge on any atom is 0.182 e. The summed E-state index contributed by atoms with van der Waals surface area (Å²) in [5.74, 6) is -0.604. The van der Waals surface area contributed by atoms with E-state index >= 15 is 0 Å². The van der Waals surface area contributed by atoms with Crippen LogP contribution in [0.2, 0.25) is 0 Å². The van der Waals surface area contributed by atoms with E-state index in [-0.39, 0.29) is 11.9 Å². The molecule has 0 aromatic heterocycles. The summed E-state index contributed by atoms with van der Waals surface area (Å²) >= 11 is 0. The van der Waals surface area contributed by atoms with Crippen LogP contribution in [0.4, 0.5) is 0 Å². The minimum atomic E-state index is -3.32. The van der Waals surface area contributed by atoms with Crippen LogP contribution >= 0.6 is 0 Å². The lowest BCUT2D eigenvalue weighted by Crippen LogP contribution is -2.22.